The van der Waals surface area contributed by atoms with Crippen molar-refractivity contribution < 1.29 is 26.0 Å². The van der Waals surface area contributed by atoms with Gasteiger partial charge in [-0.2, -0.15) is 4.31 Å². The summed E-state index contributed by atoms with van der Waals surface area (Å²) in [7, 11) is -6.35. The van der Waals surface area contributed by atoms with Crippen molar-refractivity contribution in [2.45, 2.75) is 29.7 Å². The predicted molar refractivity (Wildman–Crippen MR) is 123 cm³/mol. The third-order valence-electron chi connectivity index (χ3n) is 5.50. The average Bonchev–Trinajstić information content (AvgIpc) is 2.78. The predicted octanol–water partition coefficient (Wildman–Crippen LogP) is 3.69. The van der Waals surface area contributed by atoms with Gasteiger partial charge in [-0.3, -0.25) is 4.72 Å². The van der Waals surface area contributed by atoms with E-state index in [4.69, 9.17) is 4.74 Å². The Morgan fingerprint density at radius 2 is 1.67 bits per heavy atom. The molecule has 0 radical (unpaired) electrons. The molecule has 0 saturated heterocycles. The number of nitrogens with one attached hydrogen (secondary N) is 1. The molecule has 0 fully saturated rings. The molecular weight excluding hydrogens is 467 g/mol. The van der Waals surface area contributed by atoms with Crippen molar-refractivity contribution >= 4 is 25.7 Å². The summed E-state index contributed by atoms with van der Waals surface area (Å²) in [5, 5.41) is 0. The summed E-state index contributed by atoms with van der Waals surface area (Å²) >= 11 is 0. The Bertz CT molecular complexity index is 1410. The van der Waals surface area contributed by atoms with Gasteiger partial charge < -0.3 is 4.74 Å². The van der Waals surface area contributed by atoms with Gasteiger partial charge in [0, 0.05) is 18.8 Å². The fourth-order valence-electron chi connectivity index (χ4n) is 3.76. The van der Waals surface area contributed by atoms with Gasteiger partial charge in [-0.05, 0) is 78.6 Å². The van der Waals surface area contributed by atoms with Crippen LogP contribution in [0.1, 0.15) is 16.7 Å². The van der Waals surface area contributed by atoms with Gasteiger partial charge >= 0.3 is 0 Å². The van der Waals surface area contributed by atoms with Gasteiger partial charge in [-0.25, -0.2) is 21.2 Å². The van der Waals surface area contributed by atoms with Gasteiger partial charge in [0.05, 0.1) is 12.0 Å². The lowest BCUT2D eigenvalue weighted by Crippen LogP contribution is -2.36. The van der Waals surface area contributed by atoms with Gasteiger partial charge in [-0.15, -0.1) is 0 Å². The maximum atomic E-state index is 13.2. The van der Waals surface area contributed by atoms with Crippen molar-refractivity contribution in [3.8, 4) is 5.75 Å². The van der Waals surface area contributed by atoms with E-state index in [0.717, 1.165) is 23.3 Å². The van der Waals surface area contributed by atoms with E-state index in [-0.39, 0.29) is 28.6 Å². The molecule has 4 rings (SSSR count). The van der Waals surface area contributed by atoms with Crippen molar-refractivity contribution in [3.05, 3.63) is 83.2 Å². The fraction of sp³-hybridized carbons (Fsp3) is 0.217. The van der Waals surface area contributed by atoms with Crippen LogP contribution in [0.2, 0.25) is 0 Å². The maximum absolute atomic E-state index is 13.2. The molecule has 174 valence electrons. The number of hydrogen-bond donors (Lipinski definition) is 1. The number of halogens is 1. The lowest BCUT2D eigenvalue weighted by atomic mass is 10.0. The normalized spacial score (nSPS) is 14.5. The lowest BCUT2D eigenvalue weighted by Gasteiger charge is -2.28. The number of benzene rings is 3. The largest absolute Gasteiger partial charge is 0.495 e. The zero-order valence-corrected chi connectivity index (χ0v) is 19.7. The molecule has 7 nitrogen and oxygen atoms in total. The lowest BCUT2D eigenvalue weighted by molar-refractivity contribution is 0.391. The van der Waals surface area contributed by atoms with Crippen LogP contribution in [0.15, 0.2) is 70.5 Å². The molecule has 0 aromatic heterocycles. The molecule has 0 spiro atoms. The zero-order chi connectivity index (χ0) is 23.8. The van der Waals surface area contributed by atoms with Gasteiger partial charge in [0.1, 0.15) is 16.5 Å². The molecular formula is C23H23FN2O5S2. The third kappa shape index (κ3) is 4.73. The minimum absolute atomic E-state index is 0.00995. The summed E-state index contributed by atoms with van der Waals surface area (Å²) in [6, 6.07) is 14.7. The first-order chi connectivity index (χ1) is 15.6. The third-order valence-corrected chi connectivity index (χ3v) is 8.76. The minimum atomic E-state index is -3.94. The molecule has 3 aromatic carbocycles. The van der Waals surface area contributed by atoms with Gasteiger partial charge in [0.15, 0.2) is 0 Å². The standard InChI is InChI=1S/C23H23FN2O5S2/c1-16-3-10-22(31-2)23(13-16)32(27,28)25-20-7-4-17-11-12-26(15-18(17)14-20)33(29,30)21-8-5-19(24)6-9-21/h3-10,13-14,25H,11-12,15H2,1-2H3. The summed E-state index contributed by atoms with van der Waals surface area (Å²) in [4.78, 5) is 0.0268. The van der Waals surface area contributed by atoms with E-state index in [1.165, 1.54) is 29.6 Å². The second kappa shape index (κ2) is 8.77. The van der Waals surface area contributed by atoms with E-state index < -0.39 is 25.9 Å². The number of rotatable bonds is 6. The maximum Gasteiger partial charge on any atom is 0.265 e. The Morgan fingerprint density at radius 1 is 0.939 bits per heavy atom. The number of sulfonamides is 2. The van der Waals surface area contributed by atoms with Crippen LogP contribution in [0, 0.1) is 12.7 Å². The molecule has 3 aromatic rings. The minimum Gasteiger partial charge on any atom is -0.495 e. The Hall–Kier alpha value is -2.95. The molecule has 0 saturated carbocycles. The first-order valence-electron chi connectivity index (χ1n) is 10.1. The molecule has 1 heterocycles. The number of ether oxygens (including phenoxy) is 1. The SMILES string of the molecule is COc1ccc(C)cc1S(=O)(=O)Nc1ccc2c(c1)CN(S(=O)(=O)c1ccc(F)cc1)CC2. The number of methoxy groups -OCH3 is 1. The molecule has 0 amide bonds. The number of nitrogens with zero attached hydrogens (tertiary/aromatic N) is 1. The van der Waals surface area contributed by atoms with E-state index in [2.05, 4.69) is 4.72 Å². The Labute approximate surface area is 192 Å². The van der Waals surface area contributed by atoms with Crippen LogP contribution in [-0.4, -0.2) is 34.8 Å². The highest BCUT2D eigenvalue weighted by Crippen LogP contribution is 2.30. The zero-order valence-electron chi connectivity index (χ0n) is 18.1. The van der Waals surface area contributed by atoms with Crippen LogP contribution in [0.5, 0.6) is 5.75 Å². The first kappa shape index (κ1) is 23.2. The highest BCUT2D eigenvalue weighted by molar-refractivity contribution is 7.92. The average molecular weight is 491 g/mol. The van der Waals surface area contributed by atoms with E-state index >= 15 is 0 Å². The molecule has 33 heavy (non-hydrogen) atoms. The van der Waals surface area contributed by atoms with E-state index in [1.54, 1.807) is 37.3 Å². The topological polar surface area (TPSA) is 92.8 Å². The highest BCUT2D eigenvalue weighted by atomic mass is 32.2. The van der Waals surface area contributed by atoms with Crippen LogP contribution in [0.4, 0.5) is 10.1 Å². The smallest absolute Gasteiger partial charge is 0.265 e. The van der Waals surface area contributed by atoms with Crippen molar-refractivity contribution in [2.75, 3.05) is 18.4 Å². The molecule has 1 N–H and O–H groups in total. The second-order valence-corrected chi connectivity index (χ2v) is 11.4. The van der Waals surface area contributed by atoms with Crippen molar-refractivity contribution in [1.82, 2.24) is 4.31 Å². The van der Waals surface area contributed by atoms with Gasteiger partial charge in [0.25, 0.3) is 10.0 Å². The fourth-order valence-corrected chi connectivity index (χ4v) is 6.48. The van der Waals surface area contributed by atoms with E-state index in [0.29, 0.717) is 17.7 Å². The summed E-state index contributed by atoms with van der Waals surface area (Å²) in [5.74, 6) is -0.289. The number of hydrogen-bond acceptors (Lipinski definition) is 5. The molecule has 1 aliphatic rings. The number of anilines is 1. The van der Waals surface area contributed by atoms with Crippen LogP contribution in [0.25, 0.3) is 0 Å². The monoisotopic (exact) mass is 490 g/mol. The Morgan fingerprint density at radius 3 is 2.36 bits per heavy atom. The molecule has 0 bridgehead atoms. The quantitative estimate of drug-likeness (QED) is 0.569. The van der Waals surface area contributed by atoms with Crippen LogP contribution in [0.3, 0.4) is 0 Å². The van der Waals surface area contributed by atoms with Crippen LogP contribution < -0.4 is 9.46 Å². The van der Waals surface area contributed by atoms with E-state index in [1.807, 2.05) is 0 Å². The van der Waals surface area contributed by atoms with Crippen molar-refractivity contribution in [3.63, 3.8) is 0 Å². The summed E-state index contributed by atoms with van der Waals surface area (Å²) in [6.45, 7) is 2.14. The molecule has 1 aliphatic heterocycles. The highest BCUT2D eigenvalue weighted by Gasteiger charge is 2.29. The Kier molecular flexibility index (Phi) is 6.17. The first-order valence-corrected chi connectivity index (χ1v) is 13.1. The summed E-state index contributed by atoms with van der Waals surface area (Å²) < 4.78 is 74.3. The second-order valence-electron chi connectivity index (χ2n) is 7.79. The molecule has 0 aliphatic carbocycles. The number of fused-ring (bicyclic) bond motifs is 1. The van der Waals surface area contributed by atoms with Gasteiger partial charge in [-0.1, -0.05) is 12.1 Å². The molecule has 10 heteroatoms. The van der Waals surface area contributed by atoms with Crippen LogP contribution in [-0.2, 0) is 33.0 Å². The summed E-state index contributed by atoms with van der Waals surface area (Å²) in [6.07, 6.45) is 0.481. The Balaban J connectivity index is 1.61. The van der Waals surface area contributed by atoms with Crippen molar-refractivity contribution in [2.24, 2.45) is 0 Å². The summed E-state index contributed by atoms with van der Waals surface area (Å²) in [5.41, 5.74) is 2.72. The van der Waals surface area contributed by atoms with E-state index in [9.17, 15) is 21.2 Å². The molecule has 0 unspecified atom stereocenters. The number of aryl methyl sites for hydroxylation is 1. The molecule has 0 atom stereocenters. The van der Waals surface area contributed by atoms with Gasteiger partial charge in [0.2, 0.25) is 10.0 Å². The van der Waals surface area contributed by atoms with Crippen LogP contribution >= 0.6 is 0 Å². The van der Waals surface area contributed by atoms with Crippen molar-refractivity contribution in [1.29, 1.82) is 0 Å².